The summed E-state index contributed by atoms with van der Waals surface area (Å²) < 4.78 is 33.9. The second-order valence-electron chi connectivity index (χ2n) is 8.15. The molecule has 1 unspecified atom stereocenters. The Balaban J connectivity index is 1.43. The molecule has 0 spiro atoms. The molecular weight excluding hydrogens is 446 g/mol. The van der Waals surface area contributed by atoms with Gasteiger partial charge in [0, 0.05) is 25.3 Å². The number of carbonyl (C=O) groups excluding carboxylic acids is 1. The highest BCUT2D eigenvalue weighted by Crippen LogP contribution is 2.31. The van der Waals surface area contributed by atoms with Crippen molar-refractivity contribution in [3.05, 3.63) is 54.1 Å². The van der Waals surface area contributed by atoms with Gasteiger partial charge in [0.2, 0.25) is 10.0 Å². The Kier molecular flexibility index (Phi) is 5.98. The highest BCUT2D eigenvalue weighted by atomic mass is 32.2. The molecule has 3 aromatic rings. The molecule has 168 valence electrons. The smallest absolute Gasteiger partial charge is 0.260 e. The van der Waals surface area contributed by atoms with E-state index in [1.165, 1.54) is 27.8 Å². The van der Waals surface area contributed by atoms with Gasteiger partial charge in [-0.2, -0.15) is 4.31 Å². The van der Waals surface area contributed by atoms with Gasteiger partial charge in [-0.1, -0.05) is 23.5 Å². The van der Waals surface area contributed by atoms with E-state index in [9.17, 15) is 13.2 Å². The van der Waals surface area contributed by atoms with Crippen LogP contribution in [-0.2, 0) is 14.8 Å². The predicted octanol–water partition coefficient (Wildman–Crippen LogP) is 3.91. The number of amides is 1. The predicted molar refractivity (Wildman–Crippen MR) is 125 cm³/mol. The minimum absolute atomic E-state index is 0.0271. The summed E-state index contributed by atoms with van der Waals surface area (Å²) in [4.78, 5) is 20.1. The van der Waals surface area contributed by atoms with Crippen LogP contribution in [0.5, 0.6) is 0 Å². The van der Waals surface area contributed by atoms with E-state index >= 15 is 0 Å². The number of carbonyl (C=O) groups is 1. The summed E-state index contributed by atoms with van der Waals surface area (Å²) in [6.07, 6.45) is 3.63. The quantitative estimate of drug-likeness (QED) is 0.545. The van der Waals surface area contributed by atoms with Gasteiger partial charge >= 0.3 is 0 Å². The number of thiazole rings is 1. The molecule has 0 saturated carbocycles. The third-order valence-corrected chi connectivity index (χ3v) is 8.95. The van der Waals surface area contributed by atoms with Gasteiger partial charge in [-0.25, -0.2) is 13.4 Å². The van der Waals surface area contributed by atoms with E-state index < -0.39 is 10.0 Å². The van der Waals surface area contributed by atoms with Crippen LogP contribution in [0.15, 0.2) is 53.4 Å². The molecule has 7 nitrogen and oxygen atoms in total. The second kappa shape index (κ2) is 8.90. The molecule has 1 aromatic heterocycles. The third kappa shape index (κ3) is 4.17. The number of benzene rings is 2. The van der Waals surface area contributed by atoms with Crippen LogP contribution in [0.2, 0.25) is 0 Å². The number of fused-ring (bicyclic) bond motifs is 1. The number of nitrogens with zero attached hydrogens (tertiary/aromatic N) is 3. The van der Waals surface area contributed by atoms with Gasteiger partial charge in [-0.3, -0.25) is 9.69 Å². The number of anilines is 1. The zero-order chi connectivity index (χ0) is 22.1. The number of rotatable bonds is 6. The lowest BCUT2D eigenvalue weighted by molar-refractivity contribution is 0.0917. The maximum atomic E-state index is 13.5. The van der Waals surface area contributed by atoms with Crippen LogP contribution in [-0.4, -0.2) is 56.0 Å². The van der Waals surface area contributed by atoms with Crippen LogP contribution in [0, 0.1) is 0 Å². The van der Waals surface area contributed by atoms with Crippen molar-refractivity contribution in [2.75, 3.05) is 31.1 Å². The van der Waals surface area contributed by atoms with Crippen molar-refractivity contribution in [2.45, 2.75) is 36.7 Å². The molecule has 2 aromatic carbocycles. The lowest BCUT2D eigenvalue weighted by Gasteiger charge is -2.23. The van der Waals surface area contributed by atoms with Gasteiger partial charge in [0.1, 0.15) is 0 Å². The fourth-order valence-electron chi connectivity index (χ4n) is 4.22. The summed E-state index contributed by atoms with van der Waals surface area (Å²) >= 11 is 1.47. The maximum Gasteiger partial charge on any atom is 0.260 e. The molecule has 32 heavy (non-hydrogen) atoms. The normalized spacial score (nSPS) is 19.6. The van der Waals surface area contributed by atoms with E-state index in [-0.39, 0.29) is 16.9 Å². The van der Waals surface area contributed by atoms with Crippen molar-refractivity contribution >= 4 is 42.6 Å². The van der Waals surface area contributed by atoms with E-state index in [1.807, 2.05) is 24.3 Å². The minimum atomic E-state index is -3.51. The highest BCUT2D eigenvalue weighted by molar-refractivity contribution is 7.89. The number of hydrogen-bond donors (Lipinski definition) is 0. The summed E-state index contributed by atoms with van der Waals surface area (Å²) in [5.74, 6) is -0.204. The largest absolute Gasteiger partial charge is 0.376 e. The molecule has 0 aliphatic carbocycles. The first-order chi connectivity index (χ1) is 15.5. The lowest BCUT2D eigenvalue weighted by atomic mass is 10.2. The molecule has 5 rings (SSSR count). The van der Waals surface area contributed by atoms with E-state index in [0.717, 1.165) is 35.9 Å². The van der Waals surface area contributed by atoms with Gasteiger partial charge in [0.05, 0.1) is 27.8 Å². The Morgan fingerprint density at radius 1 is 1.09 bits per heavy atom. The van der Waals surface area contributed by atoms with Crippen molar-refractivity contribution in [2.24, 2.45) is 0 Å². The topological polar surface area (TPSA) is 79.8 Å². The number of hydrogen-bond acceptors (Lipinski definition) is 6. The number of sulfonamides is 1. The molecule has 0 N–H and O–H groups in total. The summed E-state index contributed by atoms with van der Waals surface area (Å²) in [7, 11) is -3.51. The van der Waals surface area contributed by atoms with Crippen molar-refractivity contribution in [1.82, 2.24) is 9.29 Å². The standard InChI is InChI=1S/C23H25N3O4S2/c27-22(17-9-11-19(12-10-17)32(28,29)25-13-3-4-14-25)26(16-18-6-5-15-30-18)23-24-20-7-1-2-8-21(20)31-23/h1-2,7-12,18H,3-6,13-16H2. The average Bonchev–Trinajstić information content (AvgIpc) is 3.58. The van der Waals surface area contributed by atoms with Crippen LogP contribution in [0.4, 0.5) is 5.13 Å². The molecule has 0 bridgehead atoms. The fourth-order valence-corrected chi connectivity index (χ4v) is 6.71. The summed E-state index contributed by atoms with van der Waals surface area (Å²) in [6, 6.07) is 14.1. The van der Waals surface area contributed by atoms with E-state index in [0.29, 0.717) is 36.9 Å². The summed E-state index contributed by atoms with van der Waals surface area (Å²) in [6.45, 7) is 2.23. The number of ether oxygens (including phenoxy) is 1. The van der Waals surface area contributed by atoms with Crippen molar-refractivity contribution in [1.29, 1.82) is 0 Å². The molecule has 2 aliphatic heterocycles. The molecule has 0 radical (unpaired) electrons. The molecule has 2 fully saturated rings. The van der Waals surface area contributed by atoms with Gasteiger partial charge in [0.15, 0.2) is 5.13 Å². The molecule has 1 atom stereocenters. The van der Waals surface area contributed by atoms with Crippen LogP contribution < -0.4 is 4.90 Å². The van der Waals surface area contributed by atoms with Crippen molar-refractivity contribution < 1.29 is 17.9 Å². The van der Waals surface area contributed by atoms with Crippen LogP contribution in [0.1, 0.15) is 36.0 Å². The molecule has 1 amide bonds. The number of aromatic nitrogens is 1. The van der Waals surface area contributed by atoms with Gasteiger partial charge in [-0.05, 0) is 62.1 Å². The van der Waals surface area contributed by atoms with Gasteiger partial charge < -0.3 is 4.74 Å². The number of para-hydroxylation sites is 1. The first kappa shape index (κ1) is 21.5. The Morgan fingerprint density at radius 3 is 2.53 bits per heavy atom. The Morgan fingerprint density at radius 2 is 1.84 bits per heavy atom. The SMILES string of the molecule is O=C(c1ccc(S(=O)(=O)N2CCCC2)cc1)N(CC1CCCO1)c1nc2ccccc2s1. The zero-order valence-corrected chi connectivity index (χ0v) is 19.3. The Hall–Kier alpha value is -2.33. The third-order valence-electron chi connectivity index (χ3n) is 5.97. The summed E-state index contributed by atoms with van der Waals surface area (Å²) in [5.41, 5.74) is 1.28. The fraction of sp³-hybridized carbons (Fsp3) is 0.391. The van der Waals surface area contributed by atoms with Crippen molar-refractivity contribution in [3.8, 4) is 0 Å². The van der Waals surface area contributed by atoms with E-state index in [4.69, 9.17) is 4.74 Å². The lowest BCUT2D eigenvalue weighted by Crippen LogP contribution is -2.37. The summed E-state index contributed by atoms with van der Waals surface area (Å²) in [5, 5.41) is 0.625. The first-order valence-corrected chi connectivity index (χ1v) is 13.2. The molecule has 9 heteroatoms. The average molecular weight is 472 g/mol. The maximum absolute atomic E-state index is 13.5. The van der Waals surface area contributed by atoms with E-state index in [2.05, 4.69) is 4.98 Å². The minimum Gasteiger partial charge on any atom is -0.376 e. The van der Waals surface area contributed by atoms with E-state index in [1.54, 1.807) is 17.0 Å². The monoisotopic (exact) mass is 471 g/mol. The molecule has 2 aliphatic rings. The van der Waals surface area contributed by atoms with Crippen LogP contribution >= 0.6 is 11.3 Å². The molecule has 2 saturated heterocycles. The molecule has 3 heterocycles. The van der Waals surface area contributed by atoms with Crippen LogP contribution in [0.25, 0.3) is 10.2 Å². The van der Waals surface area contributed by atoms with Crippen LogP contribution in [0.3, 0.4) is 0 Å². The highest BCUT2D eigenvalue weighted by Gasteiger charge is 2.29. The van der Waals surface area contributed by atoms with Crippen molar-refractivity contribution in [3.63, 3.8) is 0 Å². The zero-order valence-electron chi connectivity index (χ0n) is 17.6. The van der Waals surface area contributed by atoms with Gasteiger partial charge in [0.25, 0.3) is 5.91 Å². The first-order valence-electron chi connectivity index (χ1n) is 10.9. The second-order valence-corrected chi connectivity index (χ2v) is 11.1. The Bertz CT molecular complexity index is 1180. The Labute approximate surface area is 191 Å². The molecular formula is C23H25N3O4S2. The van der Waals surface area contributed by atoms with Gasteiger partial charge in [-0.15, -0.1) is 0 Å².